The van der Waals surface area contributed by atoms with E-state index in [1.54, 1.807) is 0 Å². The number of fused-ring (bicyclic) bond motifs is 1. The first-order chi connectivity index (χ1) is 11.0. The van der Waals surface area contributed by atoms with E-state index >= 15 is 0 Å². The van der Waals surface area contributed by atoms with E-state index in [1.807, 2.05) is 44.2 Å². The number of hydrogen-bond acceptors (Lipinski definition) is 4. The Bertz CT molecular complexity index is 641. The number of hydrogen-bond donors (Lipinski definition) is 1. The molecule has 1 saturated heterocycles. The van der Waals surface area contributed by atoms with E-state index in [0.29, 0.717) is 19.6 Å². The molecule has 2 aliphatic rings. The number of amides is 3. The van der Waals surface area contributed by atoms with Gasteiger partial charge in [0, 0.05) is 6.42 Å². The number of nitrogens with one attached hydrogen (secondary N) is 1. The maximum absolute atomic E-state index is 12.4. The van der Waals surface area contributed by atoms with Crippen LogP contribution in [0.4, 0.5) is 4.79 Å². The number of ether oxygens (including phenoxy) is 2. The highest BCUT2D eigenvalue weighted by Crippen LogP contribution is 2.43. The third-order valence-corrected chi connectivity index (χ3v) is 4.44. The van der Waals surface area contributed by atoms with Crippen LogP contribution in [0.1, 0.15) is 25.8 Å². The summed E-state index contributed by atoms with van der Waals surface area (Å²) in [7, 11) is 0. The quantitative estimate of drug-likeness (QED) is 0.904. The lowest BCUT2D eigenvalue weighted by atomic mass is 9.73. The van der Waals surface area contributed by atoms with Crippen LogP contribution in [0.15, 0.2) is 35.3 Å². The van der Waals surface area contributed by atoms with Gasteiger partial charge in [0.15, 0.2) is 0 Å². The predicted octanol–water partition coefficient (Wildman–Crippen LogP) is 2.28. The first-order valence-corrected chi connectivity index (χ1v) is 7.75. The molecule has 1 aromatic rings. The summed E-state index contributed by atoms with van der Waals surface area (Å²) in [6.45, 7) is 4.69. The molecule has 2 atom stereocenters. The van der Waals surface area contributed by atoms with Gasteiger partial charge in [0.25, 0.3) is 0 Å². The Morgan fingerprint density at radius 1 is 1.35 bits per heavy atom. The molecule has 0 aliphatic carbocycles. The predicted molar refractivity (Wildman–Crippen MR) is 83.8 cm³/mol. The number of urea groups is 1. The van der Waals surface area contributed by atoms with Gasteiger partial charge < -0.3 is 9.47 Å². The molecule has 0 spiro atoms. The molecule has 1 aromatic carbocycles. The zero-order valence-corrected chi connectivity index (χ0v) is 13.2. The van der Waals surface area contributed by atoms with Crippen molar-refractivity contribution in [1.82, 2.24) is 5.32 Å². The fourth-order valence-corrected chi connectivity index (χ4v) is 3.12. The van der Waals surface area contributed by atoms with Crippen molar-refractivity contribution in [2.75, 3.05) is 6.61 Å². The van der Waals surface area contributed by atoms with Crippen LogP contribution < -0.4 is 5.32 Å². The highest BCUT2D eigenvalue weighted by molar-refractivity contribution is 6.18. The van der Waals surface area contributed by atoms with E-state index in [0.717, 1.165) is 5.56 Å². The van der Waals surface area contributed by atoms with E-state index in [4.69, 9.17) is 9.47 Å². The molecule has 0 radical (unpaired) electrons. The lowest BCUT2D eigenvalue weighted by molar-refractivity contribution is -0.128. The van der Waals surface area contributed by atoms with Gasteiger partial charge in [-0.05, 0) is 11.5 Å². The van der Waals surface area contributed by atoms with Crippen molar-refractivity contribution in [2.24, 2.45) is 16.3 Å². The van der Waals surface area contributed by atoms with Crippen LogP contribution in [0.5, 0.6) is 0 Å². The second kappa shape index (κ2) is 6.12. The summed E-state index contributed by atoms with van der Waals surface area (Å²) in [5, 5.41) is 2.29. The van der Waals surface area contributed by atoms with E-state index < -0.39 is 11.4 Å². The molecule has 1 fully saturated rings. The molecular formula is C17H20N2O4. The van der Waals surface area contributed by atoms with Gasteiger partial charge >= 0.3 is 6.03 Å². The average Bonchev–Trinajstić information content (AvgIpc) is 2.88. The molecule has 1 N–H and O–H groups in total. The topological polar surface area (TPSA) is 77.0 Å². The number of benzene rings is 1. The first-order valence-electron chi connectivity index (χ1n) is 7.75. The van der Waals surface area contributed by atoms with Crippen molar-refractivity contribution < 1.29 is 19.1 Å². The Morgan fingerprint density at radius 2 is 2.09 bits per heavy atom. The average molecular weight is 316 g/mol. The van der Waals surface area contributed by atoms with Gasteiger partial charge in [-0.1, -0.05) is 44.2 Å². The molecule has 0 aromatic heterocycles. The van der Waals surface area contributed by atoms with Crippen LogP contribution in [0.2, 0.25) is 0 Å². The van der Waals surface area contributed by atoms with Crippen molar-refractivity contribution in [2.45, 2.75) is 33.0 Å². The number of carbonyl (C=O) groups excluding carboxylic acids is 2. The Morgan fingerprint density at radius 3 is 2.78 bits per heavy atom. The Kier molecular flexibility index (Phi) is 4.17. The lowest BCUT2D eigenvalue weighted by Gasteiger charge is -2.31. The van der Waals surface area contributed by atoms with Gasteiger partial charge in [-0.2, -0.15) is 4.99 Å². The van der Waals surface area contributed by atoms with Crippen LogP contribution in [0, 0.1) is 11.3 Å². The molecule has 3 rings (SSSR count). The Balaban J connectivity index is 1.67. The van der Waals surface area contributed by atoms with Gasteiger partial charge in [-0.25, -0.2) is 4.79 Å². The molecule has 0 bridgehead atoms. The van der Waals surface area contributed by atoms with Crippen LogP contribution >= 0.6 is 0 Å². The number of rotatable bonds is 5. The Labute approximate surface area is 134 Å². The number of imide groups is 1. The van der Waals surface area contributed by atoms with Crippen molar-refractivity contribution in [3.8, 4) is 0 Å². The molecular weight excluding hydrogens is 296 g/mol. The molecule has 6 heteroatoms. The molecule has 2 aliphatic heterocycles. The van der Waals surface area contributed by atoms with Gasteiger partial charge in [-0.15, -0.1) is 0 Å². The minimum absolute atomic E-state index is 0.0199. The second-order valence-corrected chi connectivity index (χ2v) is 6.25. The zero-order chi connectivity index (χ0) is 16.4. The van der Waals surface area contributed by atoms with Crippen molar-refractivity contribution in [1.29, 1.82) is 0 Å². The molecule has 0 saturated carbocycles. The molecule has 0 unspecified atom stereocenters. The highest BCUT2D eigenvalue weighted by Gasteiger charge is 2.57. The molecule has 122 valence electrons. The third-order valence-electron chi connectivity index (χ3n) is 4.44. The van der Waals surface area contributed by atoms with Crippen molar-refractivity contribution in [3.05, 3.63) is 35.9 Å². The second-order valence-electron chi connectivity index (χ2n) is 6.25. The normalized spacial score (nSPS) is 26.6. The monoisotopic (exact) mass is 316 g/mol. The van der Waals surface area contributed by atoms with Gasteiger partial charge in [-0.3, -0.25) is 10.1 Å². The summed E-state index contributed by atoms with van der Waals surface area (Å²) < 4.78 is 11.5. The van der Waals surface area contributed by atoms with E-state index in [2.05, 4.69) is 10.3 Å². The fourth-order valence-electron chi connectivity index (χ4n) is 3.12. The fraction of sp³-hybridized carbons (Fsp3) is 0.471. The molecule has 23 heavy (non-hydrogen) atoms. The molecule has 6 nitrogen and oxygen atoms in total. The third kappa shape index (κ3) is 2.86. The van der Waals surface area contributed by atoms with Gasteiger partial charge in [0.05, 0.1) is 13.2 Å². The van der Waals surface area contributed by atoms with Crippen LogP contribution in [-0.4, -0.2) is 30.5 Å². The Hall–Kier alpha value is -2.21. The maximum Gasteiger partial charge on any atom is 0.350 e. The van der Waals surface area contributed by atoms with E-state index in [-0.39, 0.29) is 23.8 Å². The van der Waals surface area contributed by atoms with Crippen LogP contribution in [0.25, 0.3) is 0 Å². The molecule has 3 amide bonds. The summed E-state index contributed by atoms with van der Waals surface area (Å²) in [6, 6.07) is 9.18. The summed E-state index contributed by atoms with van der Waals surface area (Å²) in [6.07, 6.45) is 0.189. The number of aliphatic imine (C=N–C) groups is 1. The van der Waals surface area contributed by atoms with Crippen molar-refractivity contribution >= 4 is 17.8 Å². The summed E-state index contributed by atoms with van der Waals surface area (Å²) in [5.74, 6) is -0.115. The van der Waals surface area contributed by atoms with Gasteiger partial charge in [0.1, 0.15) is 11.5 Å². The first kappa shape index (κ1) is 15.7. The van der Waals surface area contributed by atoms with E-state index in [9.17, 15) is 9.59 Å². The highest BCUT2D eigenvalue weighted by atomic mass is 16.5. The summed E-state index contributed by atoms with van der Waals surface area (Å²) in [5.41, 5.74) is 0.209. The lowest BCUT2D eigenvalue weighted by Crippen LogP contribution is -2.52. The molecule has 2 heterocycles. The minimum Gasteiger partial charge on any atom is -0.474 e. The smallest absolute Gasteiger partial charge is 0.350 e. The van der Waals surface area contributed by atoms with Crippen LogP contribution in [-0.2, 0) is 20.9 Å². The van der Waals surface area contributed by atoms with Crippen LogP contribution in [0.3, 0.4) is 0 Å². The maximum atomic E-state index is 12.4. The number of nitrogens with zero attached hydrogens (tertiary/aromatic N) is 1. The van der Waals surface area contributed by atoms with Crippen molar-refractivity contribution in [3.63, 3.8) is 0 Å². The summed E-state index contributed by atoms with van der Waals surface area (Å²) >= 11 is 0. The minimum atomic E-state index is -0.866. The summed E-state index contributed by atoms with van der Waals surface area (Å²) in [4.78, 5) is 27.7. The van der Waals surface area contributed by atoms with E-state index in [1.165, 1.54) is 0 Å². The van der Waals surface area contributed by atoms with Gasteiger partial charge in [0.2, 0.25) is 11.8 Å². The largest absolute Gasteiger partial charge is 0.474 e. The zero-order valence-electron chi connectivity index (χ0n) is 13.2. The standard InChI is InChI=1S/C17H20N2O4/c1-11(2)17-8-13(10-22-9-12-6-4-3-5-7-12)23-15(17)19-16(21)18-14(17)20/h3-7,11,13H,8-10H2,1-2H3,(H,18,20,21)/t13-,17+/m1/s1. The SMILES string of the molecule is CC(C)[C@]12C[C@H](COCc3ccccc3)OC1=NC(=O)NC2=O. The number of carbonyl (C=O) groups is 2.